The molecule has 1 aromatic carbocycles. The molecular formula is C15H18N4O4. The van der Waals surface area contributed by atoms with E-state index in [0.717, 1.165) is 0 Å². The Labute approximate surface area is 131 Å². The van der Waals surface area contributed by atoms with Gasteiger partial charge in [-0.05, 0) is 12.1 Å². The molecule has 0 aliphatic carbocycles. The van der Waals surface area contributed by atoms with Crippen LogP contribution in [0.25, 0.3) is 10.9 Å². The van der Waals surface area contributed by atoms with E-state index in [9.17, 15) is 19.5 Å². The minimum absolute atomic E-state index is 0.142. The Hall–Kier alpha value is -2.45. The van der Waals surface area contributed by atoms with Gasteiger partial charge < -0.3 is 15.7 Å². The molecule has 122 valence electrons. The molecule has 0 unspecified atom stereocenters. The highest BCUT2D eigenvalue weighted by molar-refractivity contribution is 5.78. The lowest BCUT2D eigenvalue weighted by atomic mass is 10.1. The largest absolute Gasteiger partial charge is 0.389 e. The molecule has 4 N–H and O–H groups in total. The second kappa shape index (κ2) is 5.98. The van der Waals surface area contributed by atoms with Crippen LogP contribution in [0.5, 0.6) is 0 Å². The van der Waals surface area contributed by atoms with E-state index in [-0.39, 0.29) is 32.0 Å². The Kier molecular flexibility index (Phi) is 4.01. The predicted molar refractivity (Wildman–Crippen MR) is 84.1 cm³/mol. The second-order valence-corrected chi connectivity index (χ2v) is 5.62. The molecule has 2 atom stereocenters. The van der Waals surface area contributed by atoms with Crippen molar-refractivity contribution in [3.05, 3.63) is 45.1 Å². The van der Waals surface area contributed by atoms with Gasteiger partial charge in [0, 0.05) is 26.1 Å². The molecule has 2 aromatic rings. The zero-order chi connectivity index (χ0) is 16.6. The third-order valence-electron chi connectivity index (χ3n) is 4.15. The van der Waals surface area contributed by atoms with Crippen LogP contribution in [0.1, 0.15) is 12.5 Å². The quantitative estimate of drug-likeness (QED) is 0.655. The number of aliphatic hydroxyl groups excluding tert-OH is 1. The number of aliphatic hydroxyl groups is 1. The third-order valence-corrected chi connectivity index (χ3v) is 4.15. The lowest BCUT2D eigenvalue weighted by Gasteiger charge is -2.19. The maximum absolute atomic E-state index is 12.3. The molecule has 0 bridgehead atoms. The van der Waals surface area contributed by atoms with Gasteiger partial charge in [-0.25, -0.2) is 4.79 Å². The summed E-state index contributed by atoms with van der Waals surface area (Å²) in [5, 5.41) is 10.7. The van der Waals surface area contributed by atoms with Crippen LogP contribution in [-0.2, 0) is 4.79 Å². The summed E-state index contributed by atoms with van der Waals surface area (Å²) in [6, 6.07) is 6.09. The van der Waals surface area contributed by atoms with Crippen molar-refractivity contribution in [2.45, 2.75) is 18.6 Å². The van der Waals surface area contributed by atoms with Gasteiger partial charge in [0.25, 0.3) is 5.56 Å². The van der Waals surface area contributed by atoms with Crippen LogP contribution in [0.15, 0.2) is 33.9 Å². The van der Waals surface area contributed by atoms with Crippen LogP contribution < -0.4 is 17.0 Å². The first-order valence-electron chi connectivity index (χ1n) is 7.42. The van der Waals surface area contributed by atoms with Crippen molar-refractivity contribution >= 4 is 16.8 Å². The van der Waals surface area contributed by atoms with E-state index in [0.29, 0.717) is 10.9 Å². The molecular weight excluding hydrogens is 300 g/mol. The first kappa shape index (κ1) is 15.4. The summed E-state index contributed by atoms with van der Waals surface area (Å²) in [5.74, 6) is -0.157. The summed E-state index contributed by atoms with van der Waals surface area (Å²) >= 11 is 0. The molecule has 8 heteroatoms. The highest BCUT2D eigenvalue weighted by Crippen LogP contribution is 2.24. The van der Waals surface area contributed by atoms with Crippen LogP contribution in [0, 0.1) is 0 Å². The molecule has 8 nitrogen and oxygen atoms in total. The zero-order valence-electron chi connectivity index (χ0n) is 12.4. The Bertz CT molecular complexity index is 856. The number of hydrogen-bond donors (Lipinski definition) is 3. The smallest absolute Gasteiger partial charge is 0.329 e. The number of para-hydroxylation sites is 1. The van der Waals surface area contributed by atoms with Gasteiger partial charge in [0.05, 0.1) is 23.0 Å². The molecule has 3 rings (SSSR count). The fourth-order valence-corrected chi connectivity index (χ4v) is 3.05. The summed E-state index contributed by atoms with van der Waals surface area (Å²) in [6.45, 7) is 0.580. The maximum Gasteiger partial charge on any atom is 0.329 e. The number of aromatic nitrogens is 2. The van der Waals surface area contributed by atoms with Gasteiger partial charge >= 0.3 is 5.69 Å². The minimum Gasteiger partial charge on any atom is -0.389 e. The summed E-state index contributed by atoms with van der Waals surface area (Å²) in [6.07, 6.45) is -0.690. The number of carbonyl (C=O) groups is 1. The van der Waals surface area contributed by atoms with Gasteiger partial charge in [0.15, 0.2) is 0 Å². The number of nitrogens with zero attached hydrogens (tertiary/aromatic N) is 2. The fraction of sp³-hybridized carbons (Fsp3) is 0.400. The number of hydrogen-bond acceptors (Lipinski definition) is 5. The van der Waals surface area contributed by atoms with E-state index in [1.165, 1.54) is 9.47 Å². The molecule has 1 saturated heterocycles. The van der Waals surface area contributed by atoms with Crippen molar-refractivity contribution in [1.82, 2.24) is 14.5 Å². The summed E-state index contributed by atoms with van der Waals surface area (Å²) in [4.78, 5) is 39.9. The number of aromatic amines is 1. The van der Waals surface area contributed by atoms with E-state index >= 15 is 0 Å². The van der Waals surface area contributed by atoms with E-state index in [1.54, 1.807) is 24.3 Å². The van der Waals surface area contributed by atoms with E-state index in [4.69, 9.17) is 5.73 Å². The molecule has 0 spiro atoms. The monoisotopic (exact) mass is 318 g/mol. The molecule has 1 aliphatic rings. The Morgan fingerprint density at radius 1 is 1.30 bits per heavy atom. The van der Waals surface area contributed by atoms with Crippen LogP contribution in [-0.4, -0.2) is 51.2 Å². The van der Waals surface area contributed by atoms with Gasteiger partial charge in [-0.1, -0.05) is 12.1 Å². The van der Waals surface area contributed by atoms with Gasteiger partial charge in [-0.2, -0.15) is 0 Å². The predicted octanol–water partition coefficient (Wildman–Crippen LogP) is -1.22. The van der Waals surface area contributed by atoms with Crippen LogP contribution in [0.2, 0.25) is 0 Å². The number of likely N-dealkylation sites (tertiary alicyclic amines) is 1. The highest BCUT2D eigenvalue weighted by Gasteiger charge is 2.36. The SMILES string of the molecule is NCCC(=O)N1C[C@H](O)[C@@H](n2c(=O)[nH]c(=O)c3ccccc32)C1. The van der Waals surface area contributed by atoms with Crippen LogP contribution >= 0.6 is 0 Å². The van der Waals surface area contributed by atoms with Crippen molar-refractivity contribution < 1.29 is 9.90 Å². The molecule has 2 heterocycles. The zero-order valence-corrected chi connectivity index (χ0v) is 12.4. The standard InChI is InChI=1S/C15H18N4O4/c16-6-5-13(21)18-7-11(12(20)8-18)19-10-4-2-1-3-9(10)14(22)17-15(19)23/h1-4,11-12,20H,5-8,16H2,(H,17,22,23)/t11-,12-/m0/s1. The highest BCUT2D eigenvalue weighted by atomic mass is 16.3. The summed E-state index contributed by atoms with van der Waals surface area (Å²) < 4.78 is 1.36. The van der Waals surface area contributed by atoms with Gasteiger partial charge in [-0.3, -0.25) is 19.1 Å². The fourth-order valence-electron chi connectivity index (χ4n) is 3.05. The van der Waals surface area contributed by atoms with Crippen molar-refractivity contribution in [3.63, 3.8) is 0 Å². The van der Waals surface area contributed by atoms with E-state index in [1.807, 2.05) is 0 Å². The van der Waals surface area contributed by atoms with E-state index in [2.05, 4.69) is 4.98 Å². The topological polar surface area (TPSA) is 121 Å². The van der Waals surface area contributed by atoms with Crippen molar-refractivity contribution in [2.75, 3.05) is 19.6 Å². The molecule has 0 saturated carbocycles. The number of benzene rings is 1. The lowest BCUT2D eigenvalue weighted by Crippen LogP contribution is -2.37. The van der Waals surface area contributed by atoms with Crippen LogP contribution in [0.3, 0.4) is 0 Å². The Morgan fingerprint density at radius 3 is 2.78 bits per heavy atom. The number of amides is 1. The Balaban J connectivity index is 2.06. The normalized spacial score (nSPS) is 21.0. The molecule has 1 amide bonds. The average Bonchev–Trinajstić information content (AvgIpc) is 2.90. The third kappa shape index (κ3) is 2.66. The first-order chi connectivity index (χ1) is 11.0. The molecule has 0 radical (unpaired) electrons. The average molecular weight is 318 g/mol. The lowest BCUT2D eigenvalue weighted by molar-refractivity contribution is -0.130. The van der Waals surface area contributed by atoms with E-state index < -0.39 is 23.4 Å². The number of nitrogens with one attached hydrogen (secondary N) is 1. The minimum atomic E-state index is -0.885. The molecule has 1 aromatic heterocycles. The summed E-state index contributed by atoms with van der Waals surface area (Å²) in [5.41, 5.74) is 4.77. The number of nitrogens with two attached hydrogens (primary N) is 1. The first-order valence-corrected chi connectivity index (χ1v) is 7.42. The summed E-state index contributed by atoms with van der Waals surface area (Å²) in [7, 11) is 0. The Morgan fingerprint density at radius 2 is 2.04 bits per heavy atom. The second-order valence-electron chi connectivity index (χ2n) is 5.62. The maximum atomic E-state index is 12.3. The van der Waals surface area contributed by atoms with Crippen molar-refractivity contribution in [1.29, 1.82) is 0 Å². The molecule has 23 heavy (non-hydrogen) atoms. The van der Waals surface area contributed by atoms with Crippen molar-refractivity contribution in [3.8, 4) is 0 Å². The van der Waals surface area contributed by atoms with Gasteiger partial charge in [-0.15, -0.1) is 0 Å². The number of fused-ring (bicyclic) bond motifs is 1. The number of β-amino-alcohol motifs (C(OH)–C–C–N with tert-alkyl or cyclic N) is 1. The molecule has 1 aliphatic heterocycles. The number of carbonyl (C=O) groups excluding carboxylic acids is 1. The molecule has 1 fully saturated rings. The number of rotatable bonds is 3. The van der Waals surface area contributed by atoms with Gasteiger partial charge in [0.1, 0.15) is 0 Å². The van der Waals surface area contributed by atoms with Crippen molar-refractivity contribution in [2.24, 2.45) is 5.73 Å². The number of H-pyrrole nitrogens is 1. The van der Waals surface area contributed by atoms with Gasteiger partial charge in [0.2, 0.25) is 5.91 Å². The van der Waals surface area contributed by atoms with Crippen LogP contribution in [0.4, 0.5) is 0 Å².